The van der Waals surface area contributed by atoms with E-state index in [9.17, 15) is 14.7 Å². The smallest absolute Gasteiger partial charge is 0.311 e. The van der Waals surface area contributed by atoms with Gasteiger partial charge in [0.25, 0.3) is 0 Å². The highest BCUT2D eigenvalue weighted by Crippen LogP contribution is 2.35. The summed E-state index contributed by atoms with van der Waals surface area (Å²) in [5, 5.41) is 9.53. The third-order valence-electron chi connectivity index (χ3n) is 4.36. The molecule has 1 atom stereocenters. The van der Waals surface area contributed by atoms with Crippen molar-refractivity contribution in [2.45, 2.75) is 71.6 Å². The zero-order valence-electron chi connectivity index (χ0n) is 13.0. The molecule has 0 aromatic rings. The lowest BCUT2D eigenvalue weighted by Crippen LogP contribution is -2.49. The van der Waals surface area contributed by atoms with E-state index in [0.29, 0.717) is 25.8 Å². The quantitative estimate of drug-likeness (QED) is 0.694. The lowest BCUT2D eigenvalue weighted by Gasteiger charge is -2.40. The summed E-state index contributed by atoms with van der Waals surface area (Å²) in [6.07, 6.45) is 7.96. The topological polar surface area (TPSA) is 57.6 Å². The van der Waals surface area contributed by atoms with Gasteiger partial charge in [0.1, 0.15) is 0 Å². The molecule has 1 N–H and O–H groups in total. The van der Waals surface area contributed by atoms with E-state index in [1.807, 2.05) is 6.92 Å². The molecule has 0 bridgehead atoms. The number of nitrogens with zero attached hydrogens (tertiary/aromatic N) is 1. The zero-order valence-corrected chi connectivity index (χ0v) is 13.0. The second kappa shape index (κ2) is 8.28. The molecule has 0 aliphatic carbocycles. The number of carboxylic acid groups (broad SMARTS) is 1. The summed E-state index contributed by atoms with van der Waals surface area (Å²) in [5.74, 6) is -0.592. The van der Waals surface area contributed by atoms with Crippen LogP contribution in [0.3, 0.4) is 0 Å². The minimum absolute atomic E-state index is 0.141. The molecule has 1 aliphatic rings. The van der Waals surface area contributed by atoms with Crippen LogP contribution in [0.4, 0.5) is 0 Å². The molecule has 1 fully saturated rings. The molecule has 1 aliphatic heterocycles. The molecule has 1 unspecified atom stereocenters. The Balaban J connectivity index is 2.54. The maximum Gasteiger partial charge on any atom is 0.311 e. The average Bonchev–Trinajstić information content (AvgIpc) is 2.44. The number of hydrogen-bond acceptors (Lipinski definition) is 2. The normalized spacial score (nSPS) is 22.8. The highest BCUT2D eigenvalue weighted by atomic mass is 16.4. The van der Waals surface area contributed by atoms with Crippen LogP contribution < -0.4 is 0 Å². The molecular weight excluding hydrogens is 254 g/mol. The fraction of sp³-hybridized carbons (Fsp3) is 0.875. The number of hydrogen-bond donors (Lipinski definition) is 1. The first-order valence-corrected chi connectivity index (χ1v) is 8.07. The van der Waals surface area contributed by atoms with Crippen LogP contribution >= 0.6 is 0 Å². The maximum absolute atomic E-state index is 12.2. The molecule has 0 spiro atoms. The van der Waals surface area contributed by atoms with Gasteiger partial charge in [0.2, 0.25) is 5.91 Å². The molecule has 1 amide bonds. The van der Waals surface area contributed by atoms with E-state index in [4.69, 9.17) is 0 Å². The molecule has 0 saturated carbocycles. The van der Waals surface area contributed by atoms with E-state index in [1.165, 1.54) is 6.42 Å². The number of piperidine rings is 1. The van der Waals surface area contributed by atoms with Crippen LogP contribution in [0.2, 0.25) is 0 Å². The van der Waals surface area contributed by atoms with E-state index >= 15 is 0 Å². The lowest BCUT2D eigenvalue weighted by molar-refractivity contribution is -0.155. The SMILES string of the molecule is CCCCCCC(=O)N1CCCC(CCC)(C(=O)O)C1. The molecule has 4 heteroatoms. The Hall–Kier alpha value is -1.06. The number of carbonyl (C=O) groups excluding carboxylic acids is 1. The predicted molar refractivity (Wildman–Crippen MR) is 79.5 cm³/mol. The Bertz CT molecular complexity index is 326. The fourth-order valence-corrected chi connectivity index (χ4v) is 3.17. The third kappa shape index (κ3) is 4.50. The molecule has 1 saturated heterocycles. The number of rotatable bonds is 8. The summed E-state index contributed by atoms with van der Waals surface area (Å²) in [6, 6.07) is 0. The number of unbranched alkanes of at least 4 members (excludes halogenated alkanes) is 3. The van der Waals surface area contributed by atoms with Crippen molar-refractivity contribution in [1.29, 1.82) is 0 Å². The Kier molecular flexibility index (Phi) is 7.03. The highest BCUT2D eigenvalue weighted by Gasteiger charge is 2.42. The highest BCUT2D eigenvalue weighted by molar-refractivity contribution is 5.79. The molecular formula is C16H29NO3. The van der Waals surface area contributed by atoms with Gasteiger partial charge in [-0.3, -0.25) is 9.59 Å². The second-order valence-electron chi connectivity index (χ2n) is 6.06. The van der Waals surface area contributed by atoms with Crippen LogP contribution in [0.5, 0.6) is 0 Å². The van der Waals surface area contributed by atoms with Crippen molar-refractivity contribution < 1.29 is 14.7 Å². The molecule has 0 radical (unpaired) electrons. The van der Waals surface area contributed by atoms with Crippen LogP contribution in [0.25, 0.3) is 0 Å². The molecule has 0 aromatic carbocycles. The first-order chi connectivity index (χ1) is 9.55. The van der Waals surface area contributed by atoms with Gasteiger partial charge >= 0.3 is 5.97 Å². The first kappa shape index (κ1) is 17.0. The van der Waals surface area contributed by atoms with Gasteiger partial charge < -0.3 is 10.0 Å². The summed E-state index contributed by atoms with van der Waals surface area (Å²) in [7, 11) is 0. The van der Waals surface area contributed by atoms with E-state index in [-0.39, 0.29) is 5.91 Å². The van der Waals surface area contributed by atoms with Gasteiger partial charge in [-0.15, -0.1) is 0 Å². The molecule has 0 aromatic heterocycles. The second-order valence-corrected chi connectivity index (χ2v) is 6.06. The van der Waals surface area contributed by atoms with Crippen LogP contribution in [-0.4, -0.2) is 35.0 Å². The minimum Gasteiger partial charge on any atom is -0.481 e. The molecule has 4 nitrogen and oxygen atoms in total. The van der Waals surface area contributed by atoms with Crippen molar-refractivity contribution in [2.24, 2.45) is 5.41 Å². The monoisotopic (exact) mass is 283 g/mol. The maximum atomic E-state index is 12.2. The van der Waals surface area contributed by atoms with Gasteiger partial charge in [-0.1, -0.05) is 39.5 Å². The standard InChI is InChI=1S/C16H29NO3/c1-3-5-6-7-9-14(18)17-12-8-11-16(13-17,10-4-2)15(19)20/h3-13H2,1-2H3,(H,19,20). The Morgan fingerprint density at radius 3 is 2.50 bits per heavy atom. The minimum atomic E-state index is -0.733. The number of likely N-dealkylation sites (tertiary alicyclic amines) is 1. The number of aliphatic carboxylic acids is 1. The van der Waals surface area contributed by atoms with E-state index < -0.39 is 11.4 Å². The largest absolute Gasteiger partial charge is 0.481 e. The fourth-order valence-electron chi connectivity index (χ4n) is 3.17. The Labute approximate surface area is 122 Å². The summed E-state index contributed by atoms with van der Waals surface area (Å²) < 4.78 is 0. The van der Waals surface area contributed by atoms with Crippen molar-refractivity contribution in [2.75, 3.05) is 13.1 Å². The van der Waals surface area contributed by atoms with Crippen LogP contribution in [-0.2, 0) is 9.59 Å². The van der Waals surface area contributed by atoms with Crippen molar-refractivity contribution in [3.63, 3.8) is 0 Å². The van der Waals surface area contributed by atoms with Gasteiger partial charge in [0.15, 0.2) is 0 Å². The Morgan fingerprint density at radius 1 is 1.15 bits per heavy atom. The van der Waals surface area contributed by atoms with Crippen LogP contribution in [0.15, 0.2) is 0 Å². The molecule has 1 heterocycles. The number of carbonyl (C=O) groups is 2. The van der Waals surface area contributed by atoms with Gasteiger partial charge in [0.05, 0.1) is 5.41 Å². The van der Waals surface area contributed by atoms with E-state index in [1.54, 1.807) is 4.90 Å². The van der Waals surface area contributed by atoms with E-state index in [2.05, 4.69) is 6.92 Å². The third-order valence-corrected chi connectivity index (χ3v) is 4.36. The van der Waals surface area contributed by atoms with Crippen LogP contribution in [0.1, 0.15) is 71.6 Å². The van der Waals surface area contributed by atoms with Gasteiger partial charge in [-0.2, -0.15) is 0 Å². The van der Waals surface area contributed by atoms with E-state index in [0.717, 1.165) is 38.6 Å². The van der Waals surface area contributed by atoms with Crippen molar-refractivity contribution in [3.8, 4) is 0 Å². The average molecular weight is 283 g/mol. The van der Waals surface area contributed by atoms with Crippen molar-refractivity contribution in [3.05, 3.63) is 0 Å². The molecule has 116 valence electrons. The lowest BCUT2D eigenvalue weighted by atomic mass is 9.76. The summed E-state index contributed by atoms with van der Waals surface area (Å²) in [6.45, 7) is 5.29. The van der Waals surface area contributed by atoms with Crippen molar-refractivity contribution in [1.82, 2.24) is 4.90 Å². The molecule has 1 rings (SSSR count). The number of amides is 1. The van der Waals surface area contributed by atoms with Gasteiger partial charge in [0, 0.05) is 19.5 Å². The summed E-state index contributed by atoms with van der Waals surface area (Å²) in [4.78, 5) is 25.6. The predicted octanol–water partition coefficient (Wildman–Crippen LogP) is 3.45. The number of carboxylic acids is 1. The van der Waals surface area contributed by atoms with Crippen LogP contribution in [0, 0.1) is 5.41 Å². The van der Waals surface area contributed by atoms with Crippen molar-refractivity contribution >= 4 is 11.9 Å². The zero-order chi connectivity index (χ0) is 15.0. The molecule has 20 heavy (non-hydrogen) atoms. The summed E-state index contributed by atoms with van der Waals surface area (Å²) >= 11 is 0. The van der Waals surface area contributed by atoms with Gasteiger partial charge in [-0.25, -0.2) is 0 Å². The van der Waals surface area contributed by atoms with Gasteiger partial charge in [-0.05, 0) is 25.7 Å². The first-order valence-electron chi connectivity index (χ1n) is 8.07. The summed E-state index contributed by atoms with van der Waals surface area (Å²) in [5.41, 5.74) is -0.702. The Morgan fingerprint density at radius 2 is 1.90 bits per heavy atom.